The van der Waals surface area contributed by atoms with Gasteiger partial charge in [-0.1, -0.05) is 60.7 Å². The van der Waals surface area contributed by atoms with Crippen LogP contribution in [0.15, 0.2) is 67.3 Å². The van der Waals surface area contributed by atoms with Crippen LogP contribution in [-0.2, 0) is 22.4 Å². The first-order valence-electron chi connectivity index (χ1n) is 10.2. The number of hydrogen-bond donors (Lipinski definition) is 0. The van der Waals surface area contributed by atoms with Crippen molar-refractivity contribution < 1.29 is 9.53 Å². The first-order chi connectivity index (χ1) is 13.5. The van der Waals surface area contributed by atoms with Crippen molar-refractivity contribution in [3.05, 3.63) is 83.9 Å². The van der Waals surface area contributed by atoms with E-state index in [9.17, 15) is 4.79 Å². The molecule has 0 radical (unpaired) electrons. The Morgan fingerprint density at radius 3 is 2.68 bits per heavy atom. The van der Waals surface area contributed by atoms with Crippen molar-refractivity contribution in [1.82, 2.24) is 4.90 Å². The Morgan fingerprint density at radius 2 is 1.93 bits per heavy atom. The zero-order chi connectivity index (χ0) is 19.7. The predicted octanol–water partition coefficient (Wildman–Crippen LogP) is 5.07. The molecule has 1 fully saturated rings. The fourth-order valence-electron chi connectivity index (χ4n) is 4.87. The summed E-state index contributed by atoms with van der Waals surface area (Å²) in [5.41, 5.74) is 3.15. The lowest BCUT2D eigenvalue weighted by molar-refractivity contribution is -0.151. The van der Waals surface area contributed by atoms with Crippen molar-refractivity contribution in [1.29, 1.82) is 0 Å². The van der Waals surface area contributed by atoms with E-state index in [1.165, 1.54) is 16.7 Å². The molecule has 3 heteroatoms. The smallest absolute Gasteiger partial charge is 0.229 e. The summed E-state index contributed by atoms with van der Waals surface area (Å²) < 4.78 is 6.40. The summed E-state index contributed by atoms with van der Waals surface area (Å²) in [6, 6.07) is 18.7. The number of benzene rings is 2. The Bertz CT molecular complexity index is 858. The van der Waals surface area contributed by atoms with Gasteiger partial charge in [0.15, 0.2) is 0 Å². The van der Waals surface area contributed by atoms with Gasteiger partial charge in [0.2, 0.25) is 5.91 Å². The van der Waals surface area contributed by atoms with Gasteiger partial charge in [-0.3, -0.25) is 4.79 Å². The molecule has 0 unspecified atom stereocenters. The van der Waals surface area contributed by atoms with Crippen molar-refractivity contribution in [2.45, 2.75) is 57.4 Å². The van der Waals surface area contributed by atoms with Crippen LogP contribution in [0.5, 0.6) is 0 Å². The average molecular weight is 376 g/mol. The van der Waals surface area contributed by atoms with Crippen molar-refractivity contribution in [2.24, 2.45) is 5.92 Å². The second-order valence-electron chi connectivity index (χ2n) is 8.40. The number of aryl methyl sites for hydroxylation is 1. The third kappa shape index (κ3) is 3.40. The summed E-state index contributed by atoms with van der Waals surface area (Å²) in [5.74, 6) is 0.0357. The highest BCUT2D eigenvalue weighted by atomic mass is 16.5. The fraction of sp³-hybridized carbons (Fsp3) is 0.400. The van der Waals surface area contributed by atoms with E-state index in [0.29, 0.717) is 6.42 Å². The minimum atomic E-state index is -0.611. The lowest BCUT2D eigenvalue weighted by Crippen LogP contribution is -2.48. The molecule has 3 atom stereocenters. The normalized spacial score (nSPS) is 23.6. The molecule has 4 rings (SSSR count). The van der Waals surface area contributed by atoms with Gasteiger partial charge in [-0.15, -0.1) is 6.58 Å². The van der Waals surface area contributed by atoms with Gasteiger partial charge in [-0.05, 0) is 56.2 Å². The third-order valence-corrected chi connectivity index (χ3v) is 6.08. The molecule has 3 nitrogen and oxygen atoms in total. The molecule has 2 aromatic carbocycles. The lowest BCUT2D eigenvalue weighted by Gasteiger charge is -2.38. The maximum absolute atomic E-state index is 13.8. The highest BCUT2D eigenvalue weighted by molar-refractivity contribution is 5.81. The number of amides is 1. The second kappa shape index (κ2) is 7.56. The predicted molar refractivity (Wildman–Crippen MR) is 112 cm³/mol. The first kappa shape index (κ1) is 18.9. The highest BCUT2D eigenvalue weighted by Crippen LogP contribution is 2.47. The molecule has 2 aliphatic rings. The van der Waals surface area contributed by atoms with Crippen molar-refractivity contribution in [3.8, 4) is 0 Å². The average Bonchev–Trinajstić information content (AvgIpc) is 2.98. The van der Waals surface area contributed by atoms with Gasteiger partial charge in [-0.25, -0.2) is 0 Å². The van der Waals surface area contributed by atoms with Gasteiger partial charge in [0.05, 0.1) is 12.1 Å². The second-order valence-corrected chi connectivity index (χ2v) is 8.40. The van der Waals surface area contributed by atoms with Gasteiger partial charge >= 0.3 is 0 Å². The van der Waals surface area contributed by atoms with Gasteiger partial charge in [0.25, 0.3) is 0 Å². The molecule has 2 aromatic rings. The minimum Gasteiger partial charge on any atom is -0.350 e. The van der Waals surface area contributed by atoms with E-state index >= 15 is 0 Å². The monoisotopic (exact) mass is 375 g/mol. The first-order valence-corrected chi connectivity index (χ1v) is 10.2. The van der Waals surface area contributed by atoms with Crippen LogP contribution in [0.25, 0.3) is 0 Å². The summed E-state index contributed by atoms with van der Waals surface area (Å²) in [6.45, 7) is 7.96. The Balaban J connectivity index is 1.68. The molecule has 1 aliphatic carbocycles. The van der Waals surface area contributed by atoms with Crippen LogP contribution in [0.2, 0.25) is 0 Å². The zero-order valence-electron chi connectivity index (χ0n) is 16.8. The fourth-order valence-corrected chi connectivity index (χ4v) is 4.87. The van der Waals surface area contributed by atoms with E-state index in [0.717, 1.165) is 19.3 Å². The Morgan fingerprint density at radius 1 is 1.21 bits per heavy atom. The molecule has 0 saturated carbocycles. The molecule has 1 heterocycles. The minimum absolute atomic E-state index is 0.00413. The van der Waals surface area contributed by atoms with E-state index < -0.39 is 5.72 Å². The molecule has 1 saturated heterocycles. The maximum Gasteiger partial charge on any atom is 0.229 e. The maximum atomic E-state index is 13.8. The highest BCUT2D eigenvalue weighted by Gasteiger charge is 2.52. The topological polar surface area (TPSA) is 29.5 Å². The number of rotatable bonds is 5. The number of carbonyl (C=O) groups is 1. The van der Waals surface area contributed by atoms with E-state index in [1.807, 2.05) is 43.0 Å². The molecular formula is C25H29NO2. The van der Waals surface area contributed by atoms with Gasteiger partial charge in [0.1, 0.15) is 5.72 Å². The van der Waals surface area contributed by atoms with Crippen LogP contribution in [0.1, 0.15) is 49.4 Å². The summed E-state index contributed by atoms with van der Waals surface area (Å²) in [7, 11) is 0. The van der Waals surface area contributed by atoms with Crippen LogP contribution >= 0.6 is 0 Å². The van der Waals surface area contributed by atoms with Crippen LogP contribution < -0.4 is 0 Å². The molecular weight excluding hydrogens is 346 g/mol. The van der Waals surface area contributed by atoms with E-state index in [-0.39, 0.29) is 24.0 Å². The number of ether oxygens (including phenoxy) is 1. The van der Waals surface area contributed by atoms with Gasteiger partial charge in [0, 0.05) is 5.92 Å². The molecule has 28 heavy (non-hydrogen) atoms. The van der Waals surface area contributed by atoms with Gasteiger partial charge in [-0.2, -0.15) is 0 Å². The molecule has 0 aromatic heterocycles. The Labute approximate surface area is 168 Å². The number of hydrogen-bond acceptors (Lipinski definition) is 2. The zero-order valence-corrected chi connectivity index (χ0v) is 16.8. The Kier molecular flexibility index (Phi) is 5.11. The largest absolute Gasteiger partial charge is 0.350 e. The molecule has 146 valence electrons. The quantitative estimate of drug-likeness (QED) is 0.683. The third-order valence-electron chi connectivity index (χ3n) is 6.08. The van der Waals surface area contributed by atoms with Crippen LogP contribution in [0.3, 0.4) is 0 Å². The molecule has 0 N–H and O–H groups in total. The lowest BCUT2D eigenvalue weighted by atomic mass is 9.84. The van der Waals surface area contributed by atoms with E-state index in [2.05, 4.69) is 43.0 Å². The number of nitrogens with zero attached hydrogens (tertiary/aromatic N) is 1. The number of carbonyl (C=O) groups excluding carboxylic acids is 1. The molecule has 1 aliphatic heterocycles. The molecule has 1 amide bonds. The molecule has 0 bridgehead atoms. The summed E-state index contributed by atoms with van der Waals surface area (Å²) in [6.07, 6.45) is 5.28. The van der Waals surface area contributed by atoms with Crippen LogP contribution in [0.4, 0.5) is 0 Å². The SMILES string of the molecule is C=CC[C@@H](Cc1ccccc1)C(=O)N1[C@H]2c3ccccc3CC[C@H]2OC1(C)C. The van der Waals surface area contributed by atoms with Gasteiger partial charge < -0.3 is 9.64 Å². The number of fused-ring (bicyclic) bond motifs is 3. The van der Waals surface area contributed by atoms with E-state index in [4.69, 9.17) is 4.74 Å². The summed E-state index contributed by atoms with van der Waals surface area (Å²) in [4.78, 5) is 15.8. The van der Waals surface area contributed by atoms with Crippen molar-refractivity contribution in [3.63, 3.8) is 0 Å². The van der Waals surface area contributed by atoms with Crippen LogP contribution in [0, 0.1) is 5.92 Å². The standard InChI is InChI=1S/C25H29NO2/c1-4-10-20(17-18-11-6-5-7-12-18)24(27)26-23-21-14-9-8-13-19(21)15-16-22(23)28-25(26,2)3/h4-9,11-14,20,22-23H,1,10,15-17H2,2-3H3/t20-,22+,23-/m0/s1. The Hall–Kier alpha value is -2.39. The van der Waals surface area contributed by atoms with E-state index in [1.54, 1.807) is 0 Å². The summed E-state index contributed by atoms with van der Waals surface area (Å²) in [5, 5.41) is 0. The van der Waals surface area contributed by atoms with Crippen molar-refractivity contribution in [2.75, 3.05) is 0 Å². The van der Waals surface area contributed by atoms with Crippen molar-refractivity contribution >= 4 is 5.91 Å². The summed E-state index contributed by atoms with van der Waals surface area (Å²) >= 11 is 0. The van der Waals surface area contributed by atoms with Crippen LogP contribution in [-0.4, -0.2) is 22.6 Å². The molecule has 0 spiro atoms. The number of allylic oxidation sites excluding steroid dienone is 1.